The molecule has 0 aliphatic carbocycles. The van der Waals surface area contributed by atoms with Gasteiger partial charge >= 0.3 is 0 Å². The van der Waals surface area contributed by atoms with E-state index in [1.807, 2.05) is 0 Å². The van der Waals surface area contributed by atoms with E-state index in [1.54, 1.807) is 6.21 Å². The molecule has 50 valence electrons. The lowest BCUT2D eigenvalue weighted by Crippen LogP contribution is -2.00. The highest BCUT2D eigenvalue weighted by atomic mass is 16.5. The molecule has 9 heavy (non-hydrogen) atoms. The molecular formula is C6H10N2O. The monoisotopic (exact) mass is 126 g/mol. The topological polar surface area (TPSA) is 47.6 Å². The summed E-state index contributed by atoms with van der Waals surface area (Å²) in [6.07, 6.45) is 6.47. The van der Waals surface area contributed by atoms with Crippen molar-refractivity contribution in [2.45, 2.75) is 0 Å². The van der Waals surface area contributed by atoms with Crippen LogP contribution in [0, 0.1) is 12.3 Å². The molecule has 0 aromatic heterocycles. The lowest BCUT2D eigenvalue weighted by Gasteiger charge is -1.90. The van der Waals surface area contributed by atoms with Crippen LogP contribution in [0.3, 0.4) is 0 Å². The van der Waals surface area contributed by atoms with Gasteiger partial charge in [0.1, 0.15) is 13.3 Å². The molecule has 0 aromatic rings. The molecule has 0 unspecified atom stereocenters. The Morgan fingerprint density at radius 2 is 2.56 bits per heavy atom. The zero-order valence-corrected chi connectivity index (χ0v) is 5.21. The van der Waals surface area contributed by atoms with Crippen LogP contribution in [0.15, 0.2) is 4.99 Å². The van der Waals surface area contributed by atoms with Crippen molar-refractivity contribution < 1.29 is 4.74 Å². The van der Waals surface area contributed by atoms with Crippen molar-refractivity contribution in [1.29, 1.82) is 0 Å². The van der Waals surface area contributed by atoms with Gasteiger partial charge in [0.15, 0.2) is 0 Å². The minimum atomic E-state index is 0.307. The molecular weight excluding hydrogens is 116 g/mol. The third kappa shape index (κ3) is 7.15. The van der Waals surface area contributed by atoms with Crippen LogP contribution in [0.25, 0.3) is 0 Å². The summed E-state index contributed by atoms with van der Waals surface area (Å²) in [4.78, 5) is 3.76. The average molecular weight is 126 g/mol. The maximum atomic E-state index is 5.10. The van der Waals surface area contributed by atoms with Gasteiger partial charge in [0.2, 0.25) is 0 Å². The first-order chi connectivity index (χ1) is 4.41. The van der Waals surface area contributed by atoms with Crippen molar-refractivity contribution in [3.8, 4) is 12.3 Å². The zero-order valence-electron chi connectivity index (χ0n) is 5.21. The molecule has 0 aliphatic rings. The van der Waals surface area contributed by atoms with Gasteiger partial charge in [-0.3, -0.25) is 4.99 Å². The van der Waals surface area contributed by atoms with Gasteiger partial charge in [-0.1, -0.05) is 5.92 Å². The summed E-state index contributed by atoms with van der Waals surface area (Å²) in [5, 5.41) is 0. The van der Waals surface area contributed by atoms with Crippen LogP contribution in [0.5, 0.6) is 0 Å². The Bertz CT molecular complexity index is 115. The minimum Gasteiger partial charge on any atom is -0.347 e. The first-order valence-corrected chi connectivity index (χ1v) is 2.61. The van der Waals surface area contributed by atoms with Crippen molar-refractivity contribution in [3.05, 3.63) is 0 Å². The zero-order chi connectivity index (χ0) is 6.95. The number of rotatable bonds is 4. The highest BCUT2D eigenvalue weighted by Crippen LogP contribution is 1.71. The Hall–Kier alpha value is -0.850. The summed E-state index contributed by atoms with van der Waals surface area (Å²) in [5.74, 6) is 2.32. The molecule has 0 spiro atoms. The highest BCUT2D eigenvalue weighted by Gasteiger charge is 1.74. The van der Waals surface area contributed by atoms with E-state index in [4.69, 9.17) is 16.9 Å². The van der Waals surface area contributed by atoms with E-state index in [1.165, 1.54) is 0 Å². The second-order valence-corrected chi connectivity index (χ2v) is 1.28. The van der Waals surface area contributed by atoms with E-state index in [9.17, 15) is 0 Å². The molecule has 0 aromatic carbocycles. The van der Waals surface area contributed by atoms with E-state index in [0.717, 1.165) is 0 Å². The number of aliphatic imine (C=N–C) groups is 1. The third-order valence-electron chi connectivity index (χ3n) is 0.586. The summed E-state index contributed by atoms with van der Waals surface area (Å²) in [6.45, 7) is 1.06. The summed E-state index contributed by atoms with van der Waals surface area (Å²) in [6, 6.07) is 0. The van der Waals surface area contributed by atoms with Gasteiger partial charge in [-0.2, -0.15) is 0 Å². The fourth-order valence-corrected chi connectivity index (χ4v) is 0.285. The van der Waals surface area contributed by atoms with Gasteiger partial charge in [0, 0.05) is 12.8 Å². The molecule has 0 aliphatic heterocycles. The van der Waals surface area contributed by atoms with E-state index in [2.05, 4.69) is 10.9 Å². The maximum absolute atomic E-state index is 5.10. The SMILES string of the molecule is C#CCOCN=CCN. The van der Waals surface area contributed by atoms with Gasteiger partial charge in [-0.25, -0.2) is 0 Å². The first kappa shape index (κ1) is 8.15. The molecule has 0 amide bonds. The molecule has 0 saturated heterocycles. The maximum Gasteiger partial charge on any atom is 0.138 e. The molecule has 2 N–H and O–H groups in total. The Balaban J connectivity index is 2.92. The second-order valence-electron chi connectivity index (χ2n) is 1.28. The number of terminal acetylenes is 1. The number of hydrogen-bond donors (Lipinski definition) is 1. The summed E-state index contributed by atoms with van der Waals surface area (Å²) in [5.41, 5.74) is 5.10. The van der Waals surface area contributed by atoms with E-state index < -0.39 is 0 Å². The van der Waals surface area contributed by atoms with Crippen molar-refractivity contribution >= 4 is 6.21 Å². The molecule has 0 bridgehead atoms. The van der Waals surface area contributed by atoms with Crippen molar-refractivity contribution in [2.75, 3.05) is 19.9 Å². The fraction of sp³-hybridized carbons (Fsp3) is 0.500. The molecule has 0 heterocycles. The minimum absolute atomic E-state index is 0.307. The lowest BCUT2D eigenvalue weighted by molar-refractivity contribution is 0.177. The summed E-state index contributed by atoms with van der Waals surface area (Å²) in [7, 11) is 0. The summed E-state index contributed by atoms with van der Waals surface area (Å²) < 4.78 is 4.80. The van der Waals surface area contributed by atoms with Crippen LogP contribution >= 0.6 is 0 Å². The molecule has 0 radical (unpaired) electrons. The number of nitrogens with zero attached hydrogens (tertiary/aromatic N) is 1. The van der Waals surface area contributed by atoms with Crippen LogP contribution in [-0.2, 0) is 4.74 Å². The van der Waals surface area contributed by atoms with E-state index in [0.29, 0.717) is 19.9 Å². The molecule has 0 rings (SSSR count). The predicted molar refractivity (Wildman–Crippen MR) is 37.2 cm³/mol. The van der Waals surface area contributed by atoms with Crippen LogP contribution in [0.2, 0.25) is 0 Å². The van der Waals surface area contributed by atoms with E-state index in [-0.39, 0.29) is 0 Å². The van der Waals surface area contributed by atoms with Crippen LogP contribution < -0.4 is 5.73 Å². The largest absolute Gasteiger partial charge is 0.347 e. The van der Waals surface area contributed by atoms with Gasteiger partial charge in [0.05, 0.1) is 0 Å². The molecule has 0 saturated carbocycles. The molecule has 0 atom stereocenters. The fourth-order valence-electron chi connectivity index (χ4n) is 0.285. The van der Waals surface area contributed by atoms with Crippen LogP contribution in [0.1, 0.15) is 0 Å². The van der Waals surface area contributed by atoms with E-state index >= 15 is 0 Å². The standard InChI is InChI=1S/C6H10N2O/c1-2-5-9-6-8-4-3-7/h1,4H,3,5-7H2. The van der Waals surface area contributed by atoms with Crippen LogP contribution in [0.4, 0.5) is 0 Å². The molecule has 3 nitrogen and oxygen atoms in total. The normalized spacial score (nSPS) is 9.78. The van der Waals surface area contributed by atoms with Gasteiger partial charge in [-0.15, -0.1) is 6.42 Å². The van der Waals surface area contributed by atoms with Gasteiger partial charge in [-0.05, 0) is 0 Å². The smallest absolute Gasteiger partial charge is 0.138 e. The Kier molecular flexibility index (Phi) is 6.47. The number of ether oxygens (including phenoxy) is 1. The quantitative estimate of drug-likeness (QED) is 0.317. The Labute approximate surface area is 54.9 Å². The van der Waals surface area contributed by atoms with Crippen molar-refractivity contribution in [3.63, 3.8) is 0 Å². The number of hydrogen-bond acceptors (Lipinski definition) is 3. The molecule has 0 fully saturated rings. The van der Waals surface area contributed by atoms with Gasteiger partial charge in [0.25, 0.3) is 0 Å². The Morgan fingerprint density at radius 3 is 3.11 bits per heavy atom. The van der Waals surface area contributed by atoms with Gasteiger partial charge < -0.3 is 10.5 Å². The second kappa shape index (κ2) is 7.15. The Morgan fingerprint density at radius 1 is 1.78 bits per heavy atom. The number of nitrogens with two attached hydrogens (primary N) is 1. The predicted octanol–water partition coefficient (Wildman–Crippen LogP) is -0.377. The highest BCUT2D eigenvalue weighted by molar-refractivity contribution is 5.58. The molecule has 3 heteroatoms. The lowest BCUT2D eigenvalue weighted by atomic mass is 10.7. The average Bonchev–Trinajstić information content (AvgIpc) is 1.89. The van der Waals surface area contributed by atoms with Crippen molar-refractivity contribution in [1.82, 2.24) is 0 Å². The van der Waals surface area contributed by atoms with Crippen LogP contribution in [-0.4, -0.2) is 26.1 Å². The summed E-state index contributed by atoms with van der Waals surface area (Å²) >= 11 is 0. The first-order valence-electron chi connectivity index (χ1n) is 2.61. The van der Waals surface area contributed by atoms with Crippen molar-refractivity contribution in [2.24, 2.45) is 10.7 Å². The third-order valence-corrected chi connectivity index (χ3v) is 0.586.